The predicted molar refractivity (Wildman–Crippen MR) is 58.3 cm³/mol. The van der Waals surface area contributed by atoms with E-state index in [2.05, 4.69) is 0 Å². The molecule has 1 aromatic rings. The van der Waals surface area contributed by atoms with E-state index in [9.17, 15) is 9.90 Å². The summed E-state index contributed by atoms with van der Waals surface area (Å²) in [5.41, 5.74) is 1.78. The van der Waals surface area contributed by atoms with E-state index in [1.165, 1.54) is 0 Å². The number of carbonyl (C=O) groups is 1. The Bertz CT molecular complexity index is 370. The number of hydrogen-bond acceptors (Lipinski definition) is 4. The maximum absolute atomic E-state index is 11.6. The Hall–Kier alpha value is -0.870. The maximum atomic E-state index is 11.6. The number of rotatable bonds is 2. The summed E-state index contributed by atoms with van der Waals surface area (Å²) < 4.78 is 4.98. The number of thiophene rings is 1. The third-order valence-corrected chi connectivity index (χ3v) is 3.68. The van der Waals surface area contributed by atoms with Gasteiger partial charge in [0.2, 0.25) is 0 Å². The van der Waals surface area contributed by atoms with E-state index in [-0.39, 0.29) is 12.1 Å². The third kappa shape index (κ3) is 2.06. The van der Waals surface area contributed by atoms with Crippen LogP contribution in [0.1, 0.15) is 34.1 Å². The molecule has 0 aromatic carbocycles. The van der Waals surface area contributed by atoms with Crippen molar-refractivity contribution in [2.24, 2.45) is 0 Å². The van der Waals surface area contributed by atoms with Crippen molar-refractivity contribution in [2.45, 2.75) is 32.3 Å². The summed E-state index contributed by atoms with van der Waals surface area (Å²) in [5, 5.41) is 11.3. The number of fused-ring (bicyclic) bond motifs is 1. The molecule has 2 rings (SSSR count). The summed E-state index contributed by atoms with van der Waals surface area (Å²) in [6.07, 6.45) is 1.97. The Morgan fingerprint density at radius 3 is 3.27 bits per heavy atom. The van der Waals surface area contributed by atoms with Gasteiger partial charge in [0.25, 0.3) is 0 Å². The Kier molecular flexibility index (Phi) is 3.07. The van der Waals surface area contributed by atoms with Gasteiger partial charge in [0.05, 0.1) is 18.3 Å². The standard InChI is InChI=1S/C11H14O3S/c1-2-14-11(13)9-6-15-10-5-7(12)3-4-8(9)10/h6-7,12H,2-5H2,1H3. The van der Waals surface area contributed by atoms with E-state index in [1.54, 1.807) is 18.3 Å². The quantitative estimate of drug-likeness (QED) is 0.782. The minimum absolute atomic E-state index is 0.230. The van der Waals surface area contributed by atoms with E-state index in [0.717, 1.165) is 23.3 Å². The summed E-state index contributed by atoms with van der Waals surface area (Å²) in [7, 11) is 0. The van der Waals surface area contributed by atoms with Crippen molar-refractivity contribution in [1.82, 2.24) is 0 Å². The molecule has 1 aliphatic rings. The molecule has 0 saturated heterocycles. The molecule has 1 heterocycles. The van der Waals surface area contributed by atoms with Gasteiger partial charge >= 0.3 is 5.97 Å². The maximum Gasteiger partial charge on any atom is 0.339 e. The fourth-order valence-electron chi connectivity index (χ4n) is 1.88. The Labute approximate surface area is 92.7 Å². The molecule has 4 heteroatoms. The molecule has 1 atom stereocenters. The van der Waals surface area contributed by atoms with Crippen molar-refractivity contribution in [3.05, 3.63) is 21.4 Å². The molecule has 0 radical (unpaired) electrons. The van der Waals surface area contributed by atoms with E-state index in [4.69, 9.17) is 4.74 Å². The molecule has 1 N–H and O–H groups in total. The van der Waals surface area contributed by atoms with Crippen LogP contribution in [0.15, 0.2) is 5.38 Å². The van der Waals surface area contributed by atoms with E-state index >= 15 is 0 Å². The number of carbonyl (C=O) groups excluding carboxylic acids is 1. The van der Waals surface area contributed by atoms with Crippen LogP contribution in [0, 0.1) is 0 Å². The molecule has 0 amide bonds. The van der Waals surface area contributed by atoms with Crippen LogP contribution in [-0.4, -0.2) is 23.8 Å². The van der Waals surface area contributed by atoms with Crippen LogP contribution in [0.2, 0.25) is 0 Å². The number of hydrogen-bond donors (Lipinski definition) is 1. The van der Waals surface area contributed by atoms with E-state index < -0.39 is 0 Å². The number of ether oxygens (including phenoxy) is 1. The zero-order valence-electron chi connectivity index (χ0n) is 8.66. The van der Waals surface area contributed by atoms with Crippen LogP contribution in [-0.2, 0) is 17.6 Å². The van der Waals surface area contributed by atoms with Crippen molar-refractivity contribution in [3.8, 4) is 0 Å². The van der Waals surface area contributed by atoms with Gasteiger partial charge in [0, 0.05) is 16.7 Å². The molecule has 0 saturated carbocycles. The number of esters is 1. The Morgan fingerprint density at radius 2 is 2.53 bits per heavy atom. The lowest BCUT2D eigenvalue weighted by Gasteiger charge is -2.17. The third-order valence-electron chi connectivity index (χ3n) is 2.62. The second-order valence-corrected chi connectivity index (χ2v) is 4.63. The monoisotopic (exact) mass is 226 g/mol. The van der Waals surface area contributed by atoms with Gasteiger partial charge in [-0.2, -0.15) is 0 Å². The average molecular weight is 226 g/mol. The Morgan fingerprint density at radius 1 is 1.73 bits per heavy atom. The van der Waals surface area contributed by atoms with Crippen molar-refractivity contribution in [2.75, 3.05) is 6.61 Å². The van der Waals surface area contributed by atoms with Crippen molar-refractivity contribution < 1.29 is 14.6 Å². The highest BCUT2D eigenvalue weighted by molar-refractivity contribution is 7.10. The second kappa shape index (κ2) is 4.33. The van der Waals surface area contributed by atoms with Crippen LogP contribution in [0.25, 0.3) is 0 Å². The Balaban J connectivity index is 2.24. The molecule has 3 nitrogen and oxygen atoms in total. The molecular formula is C11H14O3S. The van der Waals surface area contributed by atoms with Gasteiger partial charge in [-0.1, -0.05) is 0 Å². The second-order valence-electron chi connectivity index (χ2n) is 3.67. The van der Waals surface area contributed by atoms with E-state index in [0.29, 0.717) is 18.6 Å². The predicted octanol–water partition coefficient (Wildman–Crippen LogP) is 1.77. The van der Waals surface area contributed by atoms with Gasteiger partial charge in [-0.3, -0.25) is 0 Å². The lowest BCUT2D eigenvalue weighted by atomic mass is 9.94. The smallest absolute Gasteiger partial charge is 0.339 e. The lowest BCUT2D eigenvalue weighted by molar-refractivity contribution is 0.0524. The summed E-state index contributed by atoms with van der Waals surface area (Å²) in [4.78, 5) is 12.7. The summed E-state index contributed by atoms with van der Waals surface area (Å²) in [5.74, 6) is -0.230. The van der Waals surface area contributed by atoms with Crippen LogP contribution >= 0.6 is 11.3 Å². The minimum atomic E-state index is -0.244. The number of aliphatic hydroxyl groups excluding tert-OH is 1. The van der Waals surface area contributed by atoms with E-state index in [1.807, 2.05) is 5.38 Å². The lowest BCUT2D eigenvalue weighted by Crippen LogP contribution is -2.18. The number of aliphatic hydroxyl groups is 1. The fraction of sp³-hybridized carbons (Fsp3) is 0.545. The van der Waals surface area contributed by atoms with Gasteiger partial charge in [0.15, 0.2) is 0 Å². The first-order chi connectivity index (χ1) is 7.22. The molecule has 1 aliphatic carbocycles. The van der Waals surface area contributed by atoms with Crippen LogP contribution < -0.4 is 0 Å². The summed E-state index contributed by atoms with van der Waals surface area (Å²) >= 11 is 1.55. The first-order valence-corrected chi connectivity index (χ1v) is 6.04. The van der Waals surface area contributed by atoms with Crippen LogP contribution in [0.3, 0.4) is 0 Å². The minimum Gasteiger partial charge on any atom is -0.462 e. The molecule has 15 heavy (non-hydrogen) atoms. The van der Waals surface area contributed by atoms with Gasteiger partial charge in [-0.05, 0) is 25.3 Å². The molecule has 0 bridgehead atoms. The van der Waals surface area contributed by atoms with Crippen LogP contribution in [0.5, 0.6) is 0 Å². The first-order valence-electron chi connectivity index (χ1n) is 5.16. The van der Waals surface area contributed by atoms with Gasteiger partial charge in [-0.25, -0.2) is 4.79 Å². The molecule has 0 aliphatic heterocycles. The van der Waals surface area contributed by atoms with Gasteiger partial charge in [0.1, 0.15) is 0 Å². The zero-order valence-corrected chi connectivity index (χ0v) is 9.47. The highest BCUT2D eigenvalue weighted by Gasteiger charge is 2.24. The highest BCUT2D eigenvalue weighted by atomic mass is 32.1. The van der Waals surface area contributed by atoms with Crippen molar-refractivity contribution >= 4 is 17.3 Å². The molecule has 82 valence electrons. The summed E-state index contributed by atoms with van der Waals surface area (Å²) in [6, 6.07) is 0. The highest BCUT2D eigenvalue weighted by Crippen LogP contribution is 2.30. The zero-order chi connectivity index (χ0) is 10.8. The molecule has 1 aromatic heterocycles. The molecule has 0 fully saturated rings. The fourth-order valence-corrected chi connectivity index (χ4v) is 3.02. The normalized spacial score (nSPS) is 19.7. The molecule has 0 spiro atoms. The molecule has 1 unspecified atom stereocenters. The molecular weight excluding hydrogens is 212 g/mol. The first kappa shape index (κ1) is 10.6. The summed E-state index contributed by atoms with van der Waals surface area (Å²) in [6.45, 7) is 2.21. The average Bonchev–Trinajstić information content (AvgIpc) is 2.60. The largest absolute Gasteiger partial charge is 0.462 e. The SMILES string of the molecule is CCOC(=O)c1csc2c1CCC(O)C2. The van der Waals surface area contributed by atoms with Gasteiger partial charge < -0.3 is 9.84 Å². The van der Waals surface area contributed by atoms with Crippen LogP contribution in [0.4, 0.5) is 0 Å². The van der Waals surface area contributed by atoms with Gasteiger partial charge in [-0.15, -0.1) is 11.3 Å². The topological polar surface area (TPSA) is 46.5 Å². The van der Waals surface area contributed by atoms with Crippen molar-refractivity contribution in [1.29, 1.82) is 0 Å². The van der Waals surface area contributed by atoms with Crippen molar-refractivity contribution in [3.63, 3.8) is 0 Å².